The Morgan fingerprint density at radius 1 is 1.18 bits per heavy atom. The Kier molecular flexibility index (Phi) is 6.07. The summed E-state index contributed by atoms with van der Waals surface area (Å²) in [6.45, 7) is 12.2. The van der Waals surface area contributed by atoms with Crippen molar-refractivity contribution in [2.75, 3.05) is 12.3 Å². The topological polar surface area (TPSA) is 12.0 Å². The van der Waals surface area contributed by atoms with E-state index in [-0.39, 0.29) is 0 Å². The van der Waals surface area contributed by atoms with Gasteiger partial charge in [-0.25, -0.2) is 0 Å². The van der Waals surface area contributed by atoms with E-state index in [1.54, 1.807) is 0 Å². The molecule has 0 heterocycles. The van der Waals surface area contributed by atoms with Crippen molar-refractivity contribution >= 4 is 11.8 Å². The molecule has 0 bridgehead atoms. The fourth-order valence-electron chi connectivity index (χ4n) is 1.55. The zero-order valence-corrected chi connectivity index (χ0v) is 12.5. The summed E-state index contributed by atoms with van der Waals surface area (Å²) in [5.41, 5.74) is 2.74. The molecule has 1 aromatic rings. The second-order valence-electron chi connectivity index (χ2n) is 5.10. The Morgan fingerprint density at radius 2 is 1.88 bits per heavy atom. The van der Waals surface area contributed by atoms with E-state index < -0.39 is 0 Å². The first-order valence-corrected chi connectivity index (χ1v) is 7.42. The molecule has 0 aromatic heterocycles. The number of benzene rings is 1. The molecule has 1 N–H and O–H groups in total. The van der Waals surface area contributed by atoms with Gasteiger partial charge in [0.25, 0.3) is 0 Å². The van der Waals surface area contributed by atoms with Crippen molar-refractivity contribution in [3.05, 3.63) is 29.3 Å². The number of hydrogen-bond acceptors (Lipinski definition) is 2. The van der Waals surface area contributed by atoms with Crippen molar-refractivity contribution in [1.82, 2.24) is 5.32 Å². The average Bonchev–Trinajstić information content (AvgIpc) is 2.28. The number of nitrogens with one attached hydrogen (secondary N) is 1. The minimum atomic E-state index is 0.606. The van der Waals surface area contributed by atoms with E-state index in [9.17, 15) is 0 Å². The highest BCUT2D eigenvalue weighted by atomic mass is 32.2. The molecule has 0 aliphatic heterocycles. The second-order valence-corrected chi connectivity index (χ2v) is 6.24. The third kappa shape index (κ3) is 5.13. The Bertz CT molecular complexity index is 347. The van der Waals surface area contributed by atoms with Gasteiger partial charge in [-0.1, -0.05) is 31.5 Å². The zero-order valence-electron chi connectivity index (χ0n) is 11.7. The van der Waals surface area contributed by atoms with E-state index in [0.717, 1.165) is 12.3 Å². The molecule has 1 atom stereocenters. The van der Waals surface area contributed by atoms with Crippen LogP contribution in [0, 0.1) is 19.8 Å². The quantitative estimate of drug-likeness (QED) is 0.605. The van der Waals surface area contributed by atoms with Crippen LogP contribution in [0.1, 0.15) is 31.9 Å². The normalized spacial score (nSPS) is 13.1. The van der Waals surface area contributed by atoms with Crippen LogP contribution in [0.5, 0.6) is 0 Å². The summed E-state index contributed by atoms with van der Waals surface area (Å²) in [5, 5.41) is 3.57. The van der Waals surface area contributed by atoms with Crippen molar-refractivity contribution < 1.29 is 0 Å². The monoisotopic (exact) mass is 251 g/mol. The van der Waals surface area contributed by atoms with Gasteiger partial charge in [0.1, 0.15) is 0 Å². The number of aryl methyl sites for hydroxylation is 2. The van der Waals surface area contributed by atoms with Gasteiger partial charge < -0.3 is 5.32 Å². The Morgan fingerprint density at radius 3 is 2.53 bits per heavy atom. The molecule has 2 heteroatoms. The van der Waals surface area contributed by atoms with Gasteiger partial charge in [-0.2, -0.15) is 0 Å². The van der Waals surface area contributed by atoms with E-state index in [2.05, 4.69) is 58.1 Å². The molecule has 0 fully saturated rings. The molecule has 0 aliphatic rings. The lowest BCUT2D eigenvalue weighted by Gasteiger charge is -2.17. The summed E-state index contributed by atoms with van der Waals surface area (Å²) in [6, 6.07) is 7.28. The average molecular weight is 251 g/mol. The largest absolute Gasteiger partial charge is 0.313 e. The second kappa shape index (κ2) is 7.07. The Balaban J connectivity index is 2.33. The molecule has 0 saturated heterocycles. The van der Waals surface area contributed by atoms with Gasteiger partial charge in [0.2, 0.25) is 0 Å². The summed E-state index contributed by atoms with van der Waals surface area (Å²) >= 11 is 1.95. The van der Waals surface area contributed by atoms with Crippen molar-refractivity contribution in [2.24, 2.45) is 5.92 Å². The third-order valence-corrected chi connectivity index (χ3v) is 4.33. The van der Waals surface area contributed by atoms with Gasteiger partial charge in [-0.15, -0.1) is 11.8 Å². The van der Waals surface area contributed by atoms with Crippen LogP contribution in [0.2, 0.25) is 0 Å². The van der Waals surface area contributed by atoms with Crippen LogP contribution in [-0.2, 0) is 0 Å². The van der Waals surface area contributed by atoms with Gasteiger partial charge in [0.05, 0.1) is 0 Å². The van der Waals surface area contributed by atoms with Crippen LogP contribution < -0.4 is 5.32 Å². The van der Waals surface area contributed by atoms with Crippen LogP contribution in [0.3, 0.4) is 0 Å². The van der Waals surface area contributed by atoms with Gasteiger partial charge in [0, 0.05) is 23.2 Å². The van der Waals surface area contributed by atoms with Crippen molar-refractivity contribution in [2.45, 2.75) is 45.6 Å². The van der Waals surface area contributed by atoms with Crippen molar-refractivity contribution in [1.29, 1.82) is 0 Å². The van der Waals surface area contributed by atoms with Crippen LogP contribution >= 0.6 is 11.8 Å². The molecule has 0 amide bonds. The molecular weight excluding hydrogens is 226 g/mol. The lowest BCUT2D eigenvalue weighted by Crippen LogP contribution is -2.32. The third-order valence-electron chi connectivity index (χ3n) is 3.17. The van der Waals surface area contributed by atoms with E-state index in [4.69, 9.17) is 0 Å². The SMILES string of the molecule is Cc1ccc(C)c(SCCNC(C)C(C)C)c1. The molecule has 0 saturated carbocycles. The number of thioether (sulfide) groups is 1. The van der Waals surface area contributed by atoms with Gasteiger partial charge in [0.15, 0.2) is 0 Å². The van der Waals surface area contributed by atoms with E-state index in [1.807, 2.05) is 11.8 Å². The molecule has 0 spiro atoms. The van der Waals surface area contributed by atoms with Crippen LogP contribution in [0.15, 0.2) is 23.1 Å². The maximum Gasteiger partial charge on any atom is 0.0106 e. The lowest BCUT2D eigenvalue weighted by atomic mass is 10.1. The fraction of sp³-hybridized carbons (Fsp3) is 0.600. The van der Waals surface area contributed by atoms with E-state index in [0.29, 0.717) is 12.0 Å². The molecule has 1 aromatic carbocycles. The van der Waals surface area contributed by atoms with Gasteiger partial charge >= 0.3 is 0 Å². The van der Waals surface area contributed by atoms with Crippen LogP contribution in [0.4, 0.5) is 0 Å². The Hall–Kier alpha value is -0.470. The summed E-state index contributed by atoms with van der Waals surface area (Å²) in [6.07, 6.45) is 0. The minimum absolute atomic E-state index is 0.606. The minimum Gasteiger partial charge on any atom is -0.313 e. The molecule has 0 radical (unpaired) electrons. The molecular formula is C15H25NS. The zero-order chi connectivity index (χ0) is 12.8. The van der Waals surface area contributed by atoms with Crippen molar-refractivity contribution in [3.63, 3.8) is 0 Å². The molecule has 17 heavy (non-hydrogen) atoms. The molecule has 96 valence electrons. The predicted molar refractivity (Wildman–Crippen MR) is 78.9 cm³/mol. The highest BCUT2D eigenvalue weighted by molar-refractivity contribution is 7.99. The first-order chi connectivity index (χ1) is 8.00. The molecule has 1 rings (SSSR count). The van der Waals surface area contributed by atoms with Crippen LogP contribution in [0.25, 0.3) is 0 Å². The summed E-state index contributed by atoms with van der Waals surface area (Å²) in [5.74, 6) is 1.85. The standard InChI is InChI=1S/C15H25NS/c1-11(2)14(5)16-8-9-17-15-10-12(3)6-7-13(15)4/h6-7,10-11,14,16H,8-9H2,1-5H3. The first kappa shape index (κ1) is 14.6. The fourth-order valence-corrected chi connectivity index (χ4v) is 2.55. The Labute approximate surface area is 110 Å². The lowest BCUT2D eigenvalue weighted by molar-refractivity contribution is 0.438. The highest BCUT2D eigenvalue weighted by Gasteiger charge is 2.05. The van der Waals surface area contributed by atoms with E-state index >= 15 is 0 Å². The maximum atomic E-state index is 3.57. The summed E-state index contributed by atoms with van der Waals surface area (Å²) < 4.78 is 0. The summed E-state index contributed by atoms with van der Waals surface area (Å²) in [7, 11) is 0. The first-order valence-electron chi connectivity index (χ1n) is 6.44. The van der Waals surface area contributed by atoms with E-state index in [1.165, 1.54) is 16.0 Å². The smallest absolute Gasteiger partial charge is 0.0106 e. The van der Waals surface area contributed by atoms with Crippen LogP contribution in [-0.4, -0.2) is 18.3 Å². The van der Waals surface area contributed by atoms with Gasteiger partial charge in [-0.05, 0) is 38.3 Å². The molecule has 1 unspecified atom stereocenters. The number of rotatable bonds is 6. The highest BCUT2D eigenvalue weighted by Crippen LogP contribution is 2.22. The van der Waals surface area contributed by atoms with Gasteiger partial charge in [-0.3, -0.25) is 0 Å². The number of hydrogen-bond donors (Lipinski definition) is 1. The summed E-state index contributed by atoms with van der Waals surface area (Å²) in [4.78, 5) is 1.42. The van der Waals surface area contributed by atoms with Crippen molar-refractivity contribution in [3.8, 4) is 0 Å². The maximum absolute atomic E-state index is 3.57. The predicted octanol–water partition coefficient (Wildman–Crippen LogP) is 4.03. The molecule has 0 aliphatic carbocycles. The molecule has 1 nitrogen and oxygen atoms in total.